The number of benzene rings is 7. The summed E-state index contributed by atoms with van der Waals surface area (Å²) in [6.45, 7) is 6.32. The second-order valence-electron chi connectivity index (χ2n) is 21.2. The Balaban J connectivity index is 0.000000126. The summed E-state index contributed by atoms with van der Waals surface area (Å²) in [5.74, 6) is 2.73. The average molecular weight is 1080 g/mol. The first-order chi connectivity index (χ1) is 38.8. The molecule has 15 rings (SSSR count). The highest BCUT2D eigenvalue weighted by Crippen LogP contribution is 2.35. The van der Waals surface area contributed by atoms with E-state index in [1.54, 1.807) is 0 Å². The molecule has 3 aromatic heterocycles. The Morgan fingerprint density at radius 2 is 0.802 bits per heavy atom. The Morgan fingerprint density at radius 3 is 1.23 bits per heavy atom. The van der Waals surface area contributed by atoms with Gasteiger partial charge in [-0.25, -0.2) is 15.0 Å². The van der Waals surface area contributed by atoms with Crippen LogP contribution in [0.2, 0.25) is 0 Å². The van der Waals surface area contributed by atoms with Crippen molar-refractivity contribution in [2.24, 2.45) is 0 Å². The van der Waals surface area contributed by atoms with E-state index in [-0.39, 0.29) is 32.6 Å². The molecule has 412 valence electrons. The lowest BCUT2D eigenvalue weighted by Crippen LogP contribution is -2.29. The van der Waals surface area contributed by atoms with Gasteiger partial charge < -0.3 is 35.0 Å². The monoisotopic (exact) mass is 1080 g/mol. The number of carbonyl (C=O) groups excluding carboxylic acids is 3. The van der Waals surface area contributed by atoms with Gasteiger partial charge in [0.2, 0.25) is 0 Å². The van der Waals surface area contributed by atoms with Crippen molar-refractivity contribution in [3.05, 3.63) is 186 Å². The minimum absolute atomic E-state index is 0. The van der Waals surface area contributed by atoms with Crippen LogP contribution in [0.15, 0.2) is 158 Å². The lowest BCUT2D eigenvalue weighted by molar-refractivity contribution is 0.0948. The second-order valence-corrected chi connectivity index (χ2v) is 21.2. The summed E-state index contributed by atoms with van der Waals surface area (Å²) in [5.41, 5.74) is 15.9. The van der Waals surface area contributed by atoms with Crippen molar-refractivity contribution in [2.75, 3.05) is 39.8 Å². The van der Waals surface area contributed by atoms with Crippen LogP contribution in [-0.4, -0.2) is 91.0 Å². The lowest BCUT2D eigenvalue weighted by atomic mass is 9.95. The molecule has 14 nitrogen and oxygen atoms in total. The maximum atomic E-state index is 12.3. The molecule has 5 aliphatic rings. The molecule has 5 aliphatic heterocycles. The number of nitrogens with zero attached hydrogens (tertiary/aromatic N) is 7. The maximum absolute atomic E-state index is 12.3. The number of imidazole rings is 3. The van der Waals surface area contributed by atoms with E-state index in [1.807, 2.05) is 72.8 Å². The molecule has 2 atom stereocenters. The molecule has 14 heteroatoms. The van der Waals surface area contributed by atoms with Crippen LogP contribution in [-0.2, 0) is 19.6 Å². The Morgan fingerprint density at radius 1 is 0.395 bits per heavy atom. The smallest absolute Gasteiger partial charge is 0.253 e. The van der Waals surface area contributed by atoms with Crippen molar-refractivity contribution in [1.82, 2.24) is 54.8 Å². The molecule has 2 saturated heterocycles. The third-order valence-corrected chi connectivity index (χ3v) is 16.4. The Hall–Kier alpha value is -8.72. The second kappa shape index (κ2) is 23.5. The van der Waals surface area contributed by atoms with Crippen molar-refractivity contribution in [2.45, 2.75) is 85.1 Å². The zero-order chi connectivity index (χ0) is 53.4. The molecular formula is C67H71N11O3. The van der Waals surface area contributed by atoms with Crippen LogP contribution in [0.1, 0.15) is 108 Å². The van der Waals surface area contributed by atoms with E-state index in [1.165, 1.54) is 67.3 Å². The number of rotatable bonds is 6. The lowest BCUT2D eigenvalue weighted by Gasteiger charge is -2.32. The molecule has 3 amide bonds. The van der Waals surface area contributed by atoms with E-state index >= 15 is 0 Å². The summed E-state index contributed by atoms with van der Waals surface area (Å²) in [6, 6.07) is 54.6. The fourth-order valence-electron chi connectivity index (χ4n) is 12.3. The van der Waals surface area contributed by atoms with Crippen LogP contribution in [0.5, 0.6) is 0 Å². The summed E-state index contributed by atoms with van der Waals surface area (Å²) in [5, 5.41) is 12.5. The quantitative estimate of drug-likeness (QED) is 0.128. The predicted octanol–water partition coefficient (Wildman–Crippen LogP) is 12.3. The number of piperidine rings is 2. The minimum Gasteiger partial charge on any atom is -0.350 e. The number of likely N-dealkylation sites (tertiary alicyclic amines) is 1. The number of para-hydroxylation sites is 3. The van der Waals surface area contributed by atoms with Crippen molar-refractivity contribution < 1.29 is 14.4 Å². The number of hydrogen-bond acceptors (Lipinski definition) is 8. The van der Waals surface area contributed by atoms with Crippen LogP contribution in [0.25, 0.3) is 78.4 Å². The van der Waals surface area contributed by atoms with E-state index in [0.717, 1.165) is 93.4 Å². The highest BCUT2D eigenvalue weighted by Gasteiger charge is 2.26. The summed E-state index contributed by atoms with van der Waals surface area (Å²) in [4.78, 5) is 53.9. The first kappa shape index (κ1) is 54.2. The molecule has 0 aliphatic carbocycles. The van der Waals surface area contributed by atoms with Gasteiger partial charge in [0.1, 0.15) is 17.5 Å². The normalized spacial score (nSPS) is 17.6. The van der Waals surface area contributed by atoms with Gasteiger partial charge in [-0.1, -0.05) is 149 Å². The predicted molar refractivity (Wildman–Crippen MR) is 325 cm³/mol. The molecule has 8 heterocycles. The van der Waals surface area contributed by atoms with E-state index in [2.05, 4.69) is 132 Å². The van der Waals surface area contributed by atoms with Crippen molar-refractivity contribution in [1.29, 1.82) is 0 Å². The SMILES string of the molecule is C.C.CN1CCCCC1c1ccc(-c2nc3cccc4c3n2CCNC4=O)cc1.O=C1NCCn2c(-c3ccc(-c4ccccc4)cc3)nc3cccc1c32.O=C1NCCn2c(-c3ccc(C4CCCCN4)cc3)nc3cccc1c32. The highest BCUT2D eigenvalue weighted by molar-refractivity contribution is 6.08. The molecule has 0 spiro atoms. The molecule has 7 aromatic carbocycles. The molecule has 0 bridgehead atoms. The van der Waals surface area contributed by atoms with Gasteiger partial charge in [0, 0.05) is 68.0 Å². The molecule has 81 heavy (non-hydrogen) atoms. The standard InChI is InChI=1S/C22H24N4O.C22H17N3O.C21H22N4O.2CH4/c1-25-13-3-2-7-19(25)15-8-10-16(11-9-15)21-24-18-6-4-5-17-20(18)26(21)14-12-23-22(17)27;26-22-18-7-4-8-19-20(18)25(14-13-23-22)21(24-19)17-11-9-16(10-12-17)15-5-2-1-3-6-15;26-21-16-4-3-6-18-19(16)25(13-12-23-21)20(24-18)15-9-7-14(8-10-15)17-5-1-2-11-22-17;;/h4-6,8-11,19H,2-3,7,12-14H2,1H3,(H,23,27);1-12H,13-14H2,(H,23,26);3-4,6-10,17,22H,1-2,5,11-13H2,(H,23,26);2*1H4. The van der Waals surface area contributed by atoms with E-state index in [0.29, 0.717) is 48.4 Å². The van der Waals surface area contributed by atoms with Crippen LogP contribution in [0.4, 0.5) is 0 Å². The molecule has 0 radical (unpaired) electrons. The van der Waals surface area contributed by atoms with Gasteiger partial charge in [0.25, 0.3) is 17.7 Å². The summed E-state index contributed by atoms with van der Waals surface area (Å²) < 4.78 is 6.51. The van der Waals surface area contributed by atoms with Gasteiger partial charge in [-0.2, -0.15) is 0 Å². The first-order valence-corrected chi connectivity index (χ1v) is 28.0. The summed E-state index contributed by atoms with van der Waals surface area (Å²) >= 11 is 0. The van der Waals surface area contributed by atoms with Crippen molar-refractivity contribution in [3.63, 3.8) is 0 Å². The number of hydrogen-bond donors (Lipinski definition) is 4. The average Bonchev–Trinajstić information content (AvgIpc) is 4.31. The van der Waals surface area contributed by atoms with Crippen LogP contribution in [0.3, 0.4) is 0 Å². The fourth-order valence-corrected chi connectivity index (χ4v) is 12.3. The van der Waals surface area contributed by atoms with Gasteiger partial charge in [-0.3, -0.25) is 19.3 Å². The third kappa shape index (κ3) is 10.5. The van der Waals surface area contributed by atoms with Crippen molar-refractivity contribution >= 4 is 50.8 Å². The Bertz CT molecular complexity index is 3890. The fraction of sp³-hybridized carbons (Fsp3) is 0.284. The van der Waals surface area contributed by atoms with Crippen molar-refractivity contribution in [3.8, 4) is 45.3 Å². The Kier molecular flexibility index (Phi) is 15.8. The molecular weight excluding hydrogens is 1010 g/mol. The van der Waals surface area contributed by atoms with Gasteiger partial charge in [0.15, 0.2) is 0 Å². The first-order valence-electron chi connectivity index (χ1n) is 28.0. The summed E-state index contributed by atoms with van der Waals surface area (Å²) in [7, 11) is 2.22. The number of aromatic nitrogens is 6. The molecule has 10 aromatic rings. The largest absolute Gasteiger partial charge is 0.350 e. The van der Waals surface area contributed by atoms with Gasteiger partial charge >= 0.3 is 0 Å². The molecule has 2 unspecified atom stereocenters. The van der Waals surface area contributed by atoms with E-state index < -0.39 is 0 Å². The number of carbonyl (C=O) groups is 3. The molecule has 0 saturated carbocycles. The van der Waals surface area contributed by atoms with Crippen LogP contribution < -0.4 is 21.3 Å². The van der Waals surface area contributed by atoms with Crippen LogP contribution in [0, 0.1) is 0 Å². The molecule has 2 fully saturated rings. The van der Waals surface area contributed by atoms with E-state index in [9.17, 15) is 14.4 Å². The summed E-state index contributed by atoms with van der Waals surface area (Å²) in [6.07, 6.45) is 7.59. The number of amides is 3. The van der Waals surface area contributed by atoms with Gasteiger partial charge in [0.05, 0.1) is 49.8 Å². The topological polar surface area (TPSA) is 156 Å². The van der Waals surface area contributed by atoms with E-state index in [4.69, 9.17) is 15.0 Å². The zero-order valence-corrected chi connectivity index (χ0v) is 44.4. The third-order valence-electron chi connectivity index (χ3n) is 16.4. The number of nitrogens with one attached hydrogen (secondary N) is 4. The zero-order valence-electron chi connectivity index (χ0n) is 44.4. The van der Waals surface area contributed by atoms with Gasteiger partial charge in [-0.05, 0) is 104 Å². The van der Waals surface area contributed by atoms with Crippen LogP contribution >= 0.6 is 0 Å². The Labute approximate surface area is 473 Å². The minimum atomic E-state index is -0.0276. The highest BCUT2D eigenvalue weighted by atomic mass is 16.2. The van der Waals surface area contributed by atoms with Gasteiger partial charge in [-0.15, -0.1) is 0 Å². The maximum Gasteiger partial charge on any atom is 0.253 e. The molecule has 4 N–H and O–H groups in total.